The molecular formula is C19H35NO5Si. The first-order valence-corrected chi connectivity index (χ1v) is 12.9. The average Bonchev–Trinajstić information content (AvgIpc) is 3.09. The maximum absolute atomic E-state index is 11.7. The van der Waals surface area contributed by atoms with Crippen LogP contribution in [-0.4, -0.2) is 55.6 Å². The summed E-state index contributed by atoms with van der Waals surface area (Å²) in [6, 6.07) is 2.58. The molecule has 1 aliphatic heterocycles. The zero-order valence-corrected chi connectivity index (χ0v) is 17.6. The van der Waals surface area contributed by atoms with E-state index < -0.39 is 32.4 Å². The fraction of sp³-hybridized carbons (Fsp3) is 0.947. The predicted octanol–water partition coefficient (Wildman–Crippen LogP) is 2.70. The maximum Gasteiger partial charge on any atom is 0.217 e. The summed E-state index contributed by atoms with van der Waals surface area (Å²) in [5.41, 5.74) is 0. The number of amides is 1. The van der Waals surface area contributed by atoms with E-state index >= 15 is 0 Å². The predicted molar refractivity (Wildman–Crippen MR) is 101 cm³/mol. The molecule has 3 fully saturated rings. The van der Waals surface area contributed by atoms with Crippen molar-refractivity contribution in [2.75, 3.05) is 0 Å². The molecular weight excluding hydrogens is 350 g/mol. The van der Waals surface area contributed by atoms with Gasteiger partial charge in [0.25, 0.3) is 0 Å². The van der Waals surface area contributed by atoms with Crippen LogP contribution in [0.2, 0.25) is 18.1 Å². The molecule has 26 heavy (non-hydrogen) atoms. The first kappa shape index (κ1) is 20.3. The molecule has 0 unspecified atom stereocenters. The Morgan fingerprint density at radius 1 is 1.12 bits per heavy atom. The molecule has 2 N–H and O–H groups in total. The van der Waals surface area contributed by atoms with Crippen molar-refractivity contribution < 1.29 is 23.8 Å². The summed E-state index contributed by atoms with van der Waals surface area (Å²) in [6.45, 7) is 8.03. The lowest BCUT2D eigenvalue weighted by atomic mass is 9.94. The number of carbonyl (C=O) groups excluding carboxylic acids is 1. The van der Waals surface area contributed by atoms with Crippen LogP contribution < -0.4 is 5.32 Å². The normalized spacial score (nSPS) is 36.3. The van der Waals surface area contributed by atoms with Crippen LogP contribution in [0.15, 0.2) is 0 Å². The molecule has 0 aromatic rings. The summed E-state index contributed by atoms with van der Waals surface area (Å²) in [6.07, 6.45) is 3.27. The van der Waals surface area contributed by atoms with Gasteiger partial charge in [-0.15, -0.1) is 0 Å². The number of aliphatic hydroxyl groups is 1. The number of hydrogen-bond donors (Lipinski definition) is 2. The van der Waals surface area contributed by atoms with Gasteiger partial charge in [-0.05, 0) is 31.0 Å². The van der Waals surface area contributed by atoms with Crippen molar-refractivity contribution in [2.45, 2.75) is 114 Å². The maximum atomic E-state index is 11.7. The third kappa shape index (κ3) is 3.61. The molecule has 1 heterocycles. The third-order valence-electron chi connectivity index (χ3n) is 6.71. The van der Waals surface area contributed by atoms with Gasteiger partial charge in [0.05, 0.1) is 12.1 Å². The second-order valence-electron chi connectivity index (χ2n) is 8.18. The van der Waals surface area contributed by atoms with Gasteiger partial charge in [0, 0.05) is 19.8 Å². The Hall–Kier alpha value is -0.473. The SMILES string of the molecule is CC[Si](CC)(CC)O[C@@H]1[C@@H](NC(C)=O)[C@H](O)[C@H]2OC3(CCCCC3)O[C@H]21. The van der Waals surface area contributed by atoms with E-state index in [0.29, 0.717) is 0 Å². The Kier molecular flexibility index (Phi) is 6.14. The van der Waals surface area contributed by atoms with Crippen molar-refractivity contribution in [3.05, 3.63) is 0 Å². The quantitative estimate of drug-likeness (QED) is 0.688. The molecule has 0 bridgehead atoms. The van der Waals surface area contributed by atoms with Gasteiger partial charge in [0.2, 0.25) is 5.91 Å². The highest BCUT2D eigenvalue weighted by Gasteiger charge is 2.62. The van der Waals surface area contributed by atoms with Gasteiger partial charge in [-0.1, -0.05) is 27.2 Å². The minimum Gasteiger partial charge on any atom is -0.409 e. The van der Waals surface area contributed by atoms with Gasteiger partial charge in [-0.3, -0.25) is 4.79 Å². The summed E-state index contributed by atoms with van der Waals surface area (Å²) < 4.78 is 19.5. The summed E-state index contributed by atoms with van der Waals surface area (Å²) >= 11 is 0. The van der Waals surface area contributed by atoms with Crippen LogP contribution in [0.25, 0.3) is 0 Å². The van der Waals surface area contributed by atoms with Crippen molar-refractivity contribution >= 4 is 14.2 Å². The highest BCUT2D eigenvalue weighted by molar-refractivity contribution is 6.73. The Labute approximate surface area is 158 Å². The first-order chi connectivity index (χ1) is 12.4. The first-order valence-electron chi connectivity index (χ1n) is 10.4. The summed E-state index contributed by atoms with van der Waals surface area (Å²) in [5, 5.41) is 13.8. The minimum atomic E-state index is -1.92. The van der Waals surface area contributed by atoms with Gasteiger partial charge >= 0.3 is 0 Å². The van der Waals surface area contributed by atoms with Crippen molar-refractivity contribution in [3.8, 4) is 0 Å². The van der Waals surface area contributed by atoms with E-state index in [4.69, 9.17) is 13.9 Å². The zero-order valence-electron chi connectivity index (χ0n) is 16.6. The van der Waals surface area contributed by atoms with Crippen LogP contribution >= 0.6 is 0 Å². The molecule has 2 saturated carbocycles. The van der Waals surface area contributed by atoms with Crippen LogP contribution in [0, 0.1) is 0 Å². The number of nitrogens with one attached hydrogen (secondary N) is 1. The van der Waals surface area contributed by atoms with E-state index in [9.17, 15) is 9.90 Å². The Balaban J connectivity index is 1.85. The third-order valence-corrected chi connectivity index (χ3v) is 11.4. The summed E-state index contributed by atoms with van der Waals surface area (Å²) in [5.74, 6) is -0.724. The molecule has 0 aromatic heterocycles. The highest BCUT2D eigenvalue weighted by Crippen LogP contribution is 2.47. The Morgan fingerprint density at radius 2 is 1.69 bits per heavy atom. The van der Waals surface area contributed by atoms with E-state index in [1.807, 2.05) is 0 Å². The number of rotatable bonds is 6. The molecule has 3 rings (SSSR count). The zero-order chi connectivity index (χ0) is 18.9. The molecule has 1 spiro atoms. The number of fused-ring (bicyclic) bond motifs is 1. The molecule has 0 radical (unpaired) electrons. The smallest absolute Gasteiger partial charge is 0.217 e. The second kappa shape index (κ2) is 7.87. The van der Waals surface area contributed by atoms with Gasteiger partial charge in [0.15, 0.2) is 14.1 Å². The molecule has 7 heteroatoms. The van der Waals surface area contributed by atoms with Crippen molar-refractivity contribution in [1.29, 1.82) is 0 Å². The fourth-order valence-corrected chi connectivity index (χ4v) is 7.79. The molecule has 3 aliphatic rings. The molecule has 1 saturated heterocycles. The van der Waals surface area contributed by atoms with Crippen LogP contribution in [-0.2, 0) is 18.7 Å². The van der Waals surface area contributed by atoms with Crippen LogP contribution in [0.5, 0.6) is 0 Å². The largest absolute Gasteiger partial charge is 0.409 e. The highest BCUT2D eigenvalue weighted by atomic mass is 28.4. The van der Waals surface area contributed by atoms with Crippen LogP contribution in [0.4, 0.5) is 0 Å². The van der Waals surface area contributed by atoms with E-state index in [0.717, 1.165) is 43.8 Å². The lowest BCUT2D eigenvalue weighted by molar-refractivity contribution is -0.214. The number of aliphatic hydroxyl groups excluding tert-OH is 1. The Bertz CT molecular complexity index is 498. The molecule has 6 nitrogen and oxygen atoms in total. The lowest BCUT2D eigenvalue weighted by Crippen LogP contribution is -2.54. The average molecular weight is 386 g/mol. The topological polar surface area (TPSA) is 77.0 Å². The Morgan fingerprint density at radius 3 is 2.23 bits per heavy atom. The number of ether oxygens (including phenoxy) is 2. The van der Waals surface area contributed by atoms with Gasteiger partial charge in [-0.25, -0.2) is 0 Å². The monoisotopic (exact) mass is 385 g/mol. The molecule has 2 aliphatic carbocycles. The van der Waals surface area contributed by atoms with Crippen LogP contribution in [0.1, 0.15) is 59.8 Å². The number of hydrogen-bond acceptors (Lipinski definition) is 5. The molecule has 0 aromatic carbocycles. The molecule has 5 atom stereocenters. The second-order valence-corrected chi connectivity index (χ2v) is 12.9. The van der Waals surface area contributed by atoms with Crippen LogP contribution in [0.3, 0.4) is 0 Å². The standard InChI is InChI=1S/C19H35NO5Si/c1-5-26(6-2,7-3)25-16-14(20-13(4)21)15(22)17-18(16)24-19(23-17)11-9-8-10-12-19/h14-18,22H,5-12H2,1-4H3,(H,20,21)/t14-,15-,16+,17+,18-/m0/s1. The minimum absolute atomic E-state index is 0.160. The fourth-order valence-electron chi connectivity index (χ4n) is 4.94. The molecule has 150 valence electrons. The van der Waals surface area contributed by atoms with Gasteiger partial charge in [-0.2, -0.15) is 0 Å². The van der Waals surface area contributed by atoms with Crippen molar-refractivity contribution in [1.82, 2.24) is 5.32 Å². The van der Waals surface area contributed by atoms with E-state index in [1.54, 1.807) is 0 Å². The molecule has 1 amide bonds. The lowest BCUT2D eigenvalue weighted by Gasteiger charge is -2.38. The van der Waals surface area contributed by atoms with Crippen molar-refractivity contribution in [3.63, 3.8) is 0 Å². The van der Waals surface area contributed by atoms with Crippen molar-refractivity contribution in [2.24, 2.45) is 0 Å². The van der Waals surface area contributed by atoms with E-state index in [1.165, 1.54) is 13.3 Å². The number of carbonyl (C=O) groups is 1. The van der Waals surface area contributed by atoms with Gasteiger partial charge < -0.3 is 24.3 Å². The van der Waals surface area contributed by atoms with E-state index in [-0.39, 0.29) is 18.1 Å². The van der Waals surface area contributed by atoms with Gasteiger partial charge in [0.1, 0.15) is 18.3 Å². The summed E-state index contributed by atoms with van der Waals surface area (Å²) in [4.78, 5) is 11.7. The van der Waals surface area contributed by atoms with E-state index in [2.05, 4.69) is 26.1 Å². The summed E-state index contributed by atoms with van der Waals surface area (Å²) in [7, 11) is -1.92.